The van der Waals surface area contributed by atoms with E-state index in [-0.39, 0.29) is 18.9 Å². The van der Waals surface area contributed by atoms with E-state index in [1.165, 1.54) is 0 Å². The minimum Gasteiger partial charge on any atom is -0.481 e. The van der Waals surface area contributed by atoms with Gasteiger partial charge in [0.15, 0.2) is 0 Å². The van der Waals surface area contributed by atoms with Crippen molar-refractivity contribution in [2.24, 2.45) is 16.5 Å². The monoisotopic (exact) mass is 296 g/mol. The second-order valence-electron chi connectivity index (χ2n) is 3.15. The molecule has 0 rings (SSSR count). The van der Waals surface area contributed by atoms with Crippen LogP contribution in [0.5, 0.6) is 0 Å². The first-order chi connectivity index (χ1) is 9.04. The zero-order valence-corrected chi connectivity index (χ0v) is 11.1. The summed E-state index contributed by atoms with van der Waals surface area (Å²) in [5, 5.41) is 31.3. The molecule has 0 amide bonds. The van der Waals surface area contributed by atoms with Crippen molar-refractivity contribution in [1.29, 1.82) is 0 Å². The van der Waals surface area contributed by atoms with Gasteiger partial charge in [-0.25, -0.2) is 5.48 Å². The van der Waals surface area contributed by atoms with E-state index >= 15 is 0 Å². The molecule has 0 spiro atoms. The number of nitrogens with one attached hydrogen (secondary N) is 1. The van der Waals surface area contributed by atoms with Gasteiger partial charge >= 0.3 is 5.97 Å². The fourth-order valence-electron chi connectivity index (χ4n) is 0.483. The number of hydroxylamine groups is 1. The Bertz CT molecular complexity index is 312. The van der Waals surface area contributed by atoms with Crippen molar-refractivity contribution in [2.75, 3.05) is 6.54 Å². The minimum absolute atomic E-state index is 0.160. The van der Waals surface area contributed by atoms with Crippen LogP contribution >= 0.6 is 0 Å². The molecule has 0 aliphatic heterocycles. The van der Waals surface area contributed by atoms with Crippen LogP contribution in [0, 0.1) is 0 Å². The lowest BCUT2D eigenvalue weighted by Crippen LogP contribution is -2.32. The topological polar surface area (TPSA) is 209 Å². The predicted octanol–water partition coefficient (Wildman–Crippen LogP) is -1.74. The van der Waals surface area contributed by atoms with Gasteiger partial charge < -0.3 is 26.8 Å². The molecule has 1 unspecified atom stereocenters. The second-order valence-corrected chi connectivity index (χ2v) is 3.15. The van der Waals surface area contributed by atoms with Crippen molar-refractivity contribution in [3.05, 3.63) is 0 Å². The van der Waals surface area contributed by atoms with E-state index in [1.807, 2.05) is 0 Å². The molecule has 9 N–H and O–H groups in total. The number of carboxylic acid groups (broad SMARTS) is 3. The van der Waals surface area contributed by atoms with Gasteiger partial charge in [-0.05, 0) is 6.42 Å². The van der Waals surface area contributed by atoms with Crippen molar-refractivity contribution in [3.8, 4) is 0 Å². The first kappa shape index (κ1) is 22.8. The number of aliphatic carboxylic acids is 3. The summed E-state index contributed by atoms with van der Waals surface area (Å²) in [5.74, 6) is -2.91. The number of nitrogens with two attached hydrogens (primary N) is 2. The summed E-state index contributed by atoms with van der Waals surface area (Å²) in [6.07, 6.45) is 0.178. The van der Waals surface area contributed by atoms with Crippen molar-refractivity contribution in [2.45, 2.75) is 26.3 Å². The molecule has 11 nitrogen and oxygen atoms in total. The molecule has 0 aromatic rings. The Kier molecular flexibility index (Phi) is 16.7. The van der Waals surface area contributed by atoms with E-state index in [0.717, 1.165) is 13.8 Å². The highest BCUT2D eigenvalue weighted by atomic mass is 16.5. The lowest BCUT2D eigenvalue weighted by atomic mass is 10.2. The number of hydrogen-bond donors (Lipinski definition) is 7. The lowest BCUT2D eigenvalue weighted by Gasteiger charge is -2.03. The standard InChI is InChI=1S/C5H12N4O3.2C2H4O2/c6-3(4(10)11)1-2-8-5(7)9-12;2*1-2(3)4/h3,12H,1-2,6H2,(H,10,11)(H3,7,8,9);2*1H3,(H,3,4). The molecule has 0 aliphatic rings. The number of nitrogens with zero attached hydrogens (tertiary/aromatic N) is 1. The van der Waals surface area contributed by atoms with Crippen molar-refractivity contribution < 1.29 is 34.9 Å². The summed E-state index contributed by atoms with van der Waals surface area (Å²) < 4.78 is 0. The highest BCUT2D eigenvalue weighted by Crippen LogP contribution is 1.88. The summed E-state index contributed by atoms with van der Waals surface area (Å²) in [4.78, 5) is 31.7. The van der Waals surface area contributed by atoms with Gasteiger partial charge in [0.05, 0.1) is 0 Å². The molecule has 0 aromatic carbocycles. The van der Waals surface area contributed by atoms with E-state index in [1.54, 1.807) is 5.48 Å². The van der Waals surface area contributed by atoms with E-state index in [2.05, 4.69) is 4.99 Å². The summed E-state index contributed by atoms with van der Waals surface area (Å²) in [7, 11) is 0. The fraction of sp³-hybridized carbons (Fsp3) is 0.556. The number of guanidine groups is 1. The van der Waals surface area contributed by atoms with Crippen LogP contribution in [0.1, 0.15) is 20.3 Å². The average Bonchev–Trinajstić information content (AvgIpc) is 2.26. The molecule has 0 heterocycles. The van der Waals surface area contributed by atoms with Crippen LogP contribution in [-0.4, -0.2) is 57.0 Å². The van der Waals surface area contributed by atoms with Gasteiger partial charge in [-0.1, -0.05) is 0 Å². The first-order valence-corrected chi connectivity index (χ1v) is 5.12. The van der Waals surface area contributed by atoms with Crippen LogP contribution in [-0.2, 0) is 14.4 Å². The number of carboxylic acids is 3. The zero-order valence-electron chi connectivity index (χ0n) is 11.1. The molecular weight excluding hydrogens is 276 g/mol. The summed E-state index contributed by atoms with van der Waals surface area (Å²) >= 11 is 0. The smallest absolute Gasteiger partial charge is 0.320 e. The third kappa shape index (κ3) is 36.1. The highest BCUT2D eigenvalue weighted by Gasteiger charge is 2.09. The van der Waals surface area contributed by atoms with Crippen LogP contribution in [0.3, 0.4) is 0 Å². The van der Waals surface area contributed by atoms with Crippen molar-refractivity contribution in [1.82, 2.24) is 5.48 Å². The van der Waals surface area contributed by atoms with E-state index < -0.39 is 23.9 Å². The summed E-state index contributed by atoms with van der Waals surface area (Å²) in [6.45, 7) is 2.33. The Morgan fingerprint density at radius 1 is 1.15 bits per heavy atom. The maximum Gasteiger partial charge on any atom is 0.320 e. The first-order valence-electron chi connectivity index (χ1n) is 5.12. The molecule has 0 fully saturated rings. The van der Waals surface area contributed by atoms with Crippen LogP contribution < -0.4 is 16.9 Å². The molecule has 0 aliphatic carbocycles. The second kappa shape index (κ2) is 14.7. The SMILES string of the molecule is CC(=O)O.CC(=O)O.NC(=NCCC(N)C(=O)O)NO. The largest absolute Gasteiger partial charge is 0.481 e. The maximum atomic E-state index is 10.2. The van der Waals surface area contributed by atoms with Crippen LogP contribution in [0.15, 0.2) is 4.99 Å². The van der Waals surface area contributed by atoms with E-state index in [0.29, 0.717) is 0 Å². The van der Waals surface area contributed by atoms with Gasteiger partial charge in [0.25, 0.3) is 11.9 Å². The van der Waals surface area contributed by atoms with Gasteiger partial charge in [0, 0.05) is 20.4 Å². The number of carbonyl (C=O) groups is 3. The average molecular weight is 296 g/mol. The lowest BCUT2D eigenvalue weighted by molar-refractivity contribution is -0.138. The highest BCUT2D eigenvalue weighted by molar-refractivity contribution is 5.76. The molecule has 0 bridgehead atoms. The normalized spacial score (nSPS) is 10.9. The molecular formula is C9H20N4O7. The molecule has 20 heavy (non-hydrogen) atoms. The number of rotatable bonds is 4. The zero-order chi connectivity index (χ0) is 16.7. The quantitative estimate of drug-likeness (QED) is 0.177. The molecule has 11 heteroatoms. The van der Waals surface area contributed by atoms with Crippen molar-refractivity contribution in [3.63, 3.8) is 0 Å². The fourth-order valence-corrected chi connectivity index (χ4v) is 0.483. The Morgan fingerprint density at radius 2 is 1.50 bits per heavy atom. The van der Waals surface area contributed by atoms with E-state index in [4.69, 9.17) is 41.6 Å². The Morgan fingerprint density at radius 3 is 1.75 bits per heavy atom. The molecule has 0 saturated heterocycles. The van der Waals surface area contributed by atoms with Gasteiger partial charge in [0.1, 0.15) is 6.04 Å². The predicted molar refractivity (Wildman–Crippen MR) is 68.3 cm³/mol. The molecule has 0 radical (unpaired) electrons. The molecule has 118 valence electrons. The maximum absolute atomic E-state index is 10.2. The minimum atomic E-state index is -1.08. The summed E-state index contributed by atoms with van der Waals surface area (Å²) in [5.41, 5.74) is 11.8. The van der Waals surface area contributed by atoms with Crippen molar-refractivity contribution >= 4 is 23.9 Å². The Hall–Kier alpha value is -2.40. The van der Waals surface area contributed by atoms with Gasteiger partial charge in [0.2, 0.25) is 5.96 Å². The Balaban J connectivity index is -0.000000297. The van der Waals surface area contributed by atoms with Gasteiger partial charge in [-0.3, -0.25) is 24.6 Å². The van der Waals surface area contributed by atoms with Crippen LogP contribution in [0.2, 0.25) is 0 Å². The third-order valence-corrected chi connectivity index (χ3v) is 1.15. The van der Waals surface area contributed by atoms with E-state index in [9.17, 15) is 4.79 Å². The number of aliphatic imine (C=N–C) groups is 1. The third-order valence-electron chi connectivity index (χ3n) is 1.15. The molecule has 0 saturated carbocycles. The molecule has 1 atom stereocenters. The summed E-state index contributed by atoms with van der Waals surface area (Å²) in [6, 6.07) is -0.944. The number of hydrogen-bond acceptors (Lipinski definition) is 6. The van der Waals surface area contributed by atoms with Crippen LogP contribution in [0.4, 0.5) is 0 Å². The van der Waals surface area contributed by atoms with Gasteiger partial charge in [-0.15, -0.1) is 0 Å². The van der Waals surface area contributed by atoms with Gasteiger partial charge in [-0.2, -0.15) is 0 Å². The molecule has 0 aromatic heterocycles. The Labute approximate surface area is 114 Å². The van der Waals surface area contributed by atoms with Crippen LogP contribution in [0.25, 0.3) is 0 Å².